The molecule has 0 saturated carbocycles. The van der Waals surface area contributed by atoms with Gasteiger partial charge >= 0.3 is 0 Å². The Labute approximate surface area is 232 Å². The minimum atomic E-state index is -3.63. The highest BCUT2D eigenvalue weighted by atomic mass is 35.5. The summed E-state index contributed by atoms with van der Waals surface area (Å²) < 4.78 is 32.2. The Kier molecular flexibility index (Phi) is 12.4. The predicted molar refractivity (Wildman–Crippen MR) is 153 cm³/mol. The van der Waals surface area contributed by atoms with Crippen molar-refractivity contribution >= 4 is 39.1 Å². The first kappa shape index (κ1) is 31.4. The van der Waals surface area contributed by atoms with Gasteiger partial charge in [0.2, 0.25) is 21.8 Å². The zero-order chi connectivity index (χ0) is 28.3. The second-order valence-corrected chi connectivity index (χ2v) is 11.8. The average molecular weight is 566 g/mol. The van der Waals surface area contributed by atoms with E-state index in [9.17, 15) is 18.0 Å². The lowest BCUT2D eigenvalue weighted by Crippen LogP contribution is -2.49. The third kappa shape index (κ3) is 9.20. The number of halogens is 1. The fourth-order valence-electron chi connectivity index (χ4n) is 4.08. The van der Waals surface area contributed by atoms with Crippen molar-refractivity contribution in [2.45, 2.75) is 59.5 Å². The van der Waals surface area contributed by atoms with Gasteiger partial charge in [0.1, 0.15) is 11.8 Å². The van der Waals surface area contributed by atoms with Gasteiger partial charge < -0.3 is 15.0 Å². The molecule has 0 aliphatic carbocycles. The zero-order valence-corrected chi connectivity index (χ0v) is 24.5. The number of sulfonamides is 1. The number of para-hydroxylation sites is 2. The van der Waals surface area contributed by atoms with Gasteiger partial charge in [-0.1, -0.05) is 62.7 Å². The molecule has 0 fully saturated rings. The normalized spacial score (nSPS) is 12.2. The third-order valence-electron chi connectivity index (χ3n) is 5.95. The van der Waals surface area contributed by atoms with Crippen molar-refractivity contribution < 1.29 is 22.7 Å². The van der Waals surface area contributed by atoms with Crippen molar-refractivity contribution in [3.05, 3.63) is 59.1 Å². The number of nitrogens with zero attached hydrogens (tertiary/aromatic N) is 2. The summed E-state index contributed by atoms with van der Waals surface area (Å²) in [6.07, 6.45) is 1.88. The molecule has 1 N–H and O–H groups in total. The highest BCUT2D eigenvalue weighted by Gasteiger charge is 2.29. The summed E-state index contributed by atoms with van der Waals surface area (Å²) in [5.74, 6) is 0.263. The monoisotopic (exact) mass is 565 g/mol. The molecule has 0 spiro atoms. The van der Waals surface area contributed by atoms with E-state index in [2.05, 4.69) is 5.32 Å². The molecule has 0 aromatic heterocycles. The second-order valence-electron chi connectivity index (χ2n) is 9.52. The van der Waals surface area contributed by atoms with Crippen molar-refractivity contribution in [1.82, 2.24) is 10.2 Å². The molecule has 2 aromatic carbocycles. The van der Waals surface area contributed by atoms with Crippen LogP contribution in [-0.2, 0) is 26.2 Å². The van der Waals surface area contributed by atoms with Crippen LogP contribution >= 0.6 is 11.6 Å². The number of benzene rings is 2. The maximum atomic E-state index is 13.5. The Bertz CT molecular complexity index is 1170. The number of nitrogens with one attached hydrogen (secondary N) is 1. The standard InChI is InChI=1S/C28H40ClN3O5S/c1-6-24(28(34)30-19-21(3)4)31(20-22-13-8-9-14-23(22)29)27(33)17-12-18-32(38(5,35)36)25-15-10-11-16-26(25)37-7-2/h8-11,13-16,21,24H,6-7,12,17-20H2,1-5H3,(H,30,34)/t24-/m1/s1. The Morgan fingerprint density at radius 1 is 1.05 bits per heavy atom. The van der Waals surface area contributed by atoms with E-state index in [1.807, 2.05) is 45.9 Å². The molecule has 210 valence electrons. The van der Waals surface area contributed by atoms with Crippen molar-refractivity contribution in [2.24, 2.45) is 5.92 Å². The summed E-state index contributed by atoms with van der Waals surface area (Å²) in [4.78, 5) is 28.2. The van der Waals surface area contributed by atoms with Crippen LogP contribution in [0.1, 0.15) is 52.5 Å². The van der Waals surface area contributed by atoms with Crippen molar-refractivity contribution in [3.63, 3.8) is 0 Å². The van der Waals surface area contributed by atoms with Crippen LogP contribution in [0.15, 0.2) is 48.5 Å². The SMILES string of the molecule is CCOc1ccccc1N(CCCC(=O)N(Cc1ccccc1Cl)[C@H](CC)C(=O)NCC(C)C)S(C)(=O)=O. The first-order valence-corrected chi connectivity index (χ1v) is 15.2. The van der Waals surface area contributed by atoms with Crippen LogP contribution < -0.4 is 14.4 Å². The number of rotatable bonds is 15. The number of hydrogen-bond acceptors (Lipinski definition) is 5. The summed E-state index contributed by atoms with van der Waals surface area (Å²) in [6, 6.07) is 13.5. The van der Waals surface area contributed by atoms with Crippen molar-refractivity contribution in [2.75, 3.05) is 30.3 Å². The third-order valence-corrected chi connectivity index (χ3v) is 7.50. The fourth-order valence-corrected chi connectivity index (χ4v) is 5.24. The number of amides is 2. The molecule has 10 heteroatoms. The Hall–Kier alpha value is -2.78. The molecular formula is C28H40ClN3O5S. The average Bonchev–Trinajstić information content (AvgIpc) is 2.86. The van der Waals surface area contributed by atoms with E-state index in [1.54, 1.807) is 35.2 Å². The van der Waals surface area contributed by atoms with Gasteiger partial charge in [0.05, 0.1) is 18.6 Å². The quantitative estimate of drug-likeness (QED) is 0.332. The minimum absolute atomic E-state index is 0.0568. The number of ether oxygens (including phenoxy) is 1. The predicted octanol–water partition coefficient (Wildman–Crippen LogP) is 4.86. The van der Waals surface area contributed by atoms with E-state index in [0.717, 1.165) is 11.8 Å². The van der Waals surface area contributed by atoms with Gasteiger partial charge in [0.25, 0.3) is 0 Å². The van der Waals surface area contributed by atoms with Gasteiger partial charge in [-0.25, -0.2) is 8.42 Å². The minimum Gasteiger partial charge on any atom is -0.492 e. The molecule has 0 bridgehead atoms. The lowest BCUT2D eigenvalue weighted by atomic mass is 10.1. The van der Waals surface area contributed by atoms with E-state index >= 15 is 0 Å². The molecular weight excluding hydrogens is 526 g/mol. The van der Waals surface area contributed by atoms with Crippen molar-refractivity contribution in [1.29, 1.82) is 0 Å². The molecule has 1 atom stereocenters. The number of anilines is 1. The molecule has 0 radical (unpaired) electrons. The molecule has 8 nitrogen and oxygen atoms in total. The number of carbonyl (C=O) groups excluding carboxylic acids is 2. The van der Waals surface area contributed by atoms with Gasteiger partial charge in [-0.2, -0.15) is 0 Å². The Morgan fingerprint density at radius 3 is 2.32 bits per heavy atom. The van der Waals surface area contributed by atoms with Gasteiger partial charge in [-0.05, 0) is 49.4 Å². The van der Waals surface area contributed by atoms with Gasteiger partial charge in [-0.3, -0.25) is 13.9 Å². The van der Waals surface area contributed by atoms with E-state index in [-0.39, 0.29) is 43.7 Å². The van der Waals surface area contributed by atoms with Gasteiger partial charge in [0.15, 0.2) is 0 Å². The summed E-state index contributed by atoms with van der Waals surface area (Å²) in [6.45, 7) is 8.86. The van der Waals surface area contributed by atoms with Gasteiger partial charge in [0, 0.05) is 31.1 Å². The fraction of sp³-hybridized carbons (Fsp3) is 0.500. The van der Waals surface area contributed by atoms with Crippen LogP contribution in [-0.4, -0.2) is 57.1 Å². The first-order chi connectivity index (χ1) is 18.0. The zero-order valence-electron chi connectivity index (χ0n) is 22.9. The molecule has 38 heavy (non-hydrogen) atoms. The summed E-state index contributed by atoms with van der Waals surface area (Å²) >= 11 is 6.38. The molecule has 0 heterocycles. The smallest absolute Gasteiger partial charge is 0.242 e. The molecule has 0 aliphatic heterocycles. The lowest BCUT2D eigenvalue weighted by Gasteiger charge is -2.31. The molecule has 2 aromatic rings. The van der Waals surface area contributed by atoms with E-state index < -0.39 is 16.1 Å². The van der Waals surface area contributed by atoms with E-state index in [4.69, 9.17) is 16.3 Å². The van der Waals surface area contributed by atoms with Crippen LogP contribution in [0.3, 0.4) is 0 Å². The highest BCUT2D eigenvalue weighted by Crippen LogP contribution is 2.30. The molecule has 2 rings (SSSR count). The van der Waals surface area contributed by atoms with E-state index in [1.165, 1.54) is 4.31 Å². The molecule has 0 aliphatic rings. The van der Waals surface area contributed by atoms with Crippen LogP contribution in [0, 0.1) is 5.92 Å². The van der Waals surface area contributed by atoms with Crippen molar-refractivity contribution in [3.8, 4) is 5.75 Å². The summed E-state index contributed by atoms with van der Waals surface area (Å²) in [7, 11) is -3.63. The largest absolute Gasteiger partial charge is 0.492 e. The summed E-state index contributed by atoms with van der Waals surface area (Å²) in [5, 5.41) is 3.45. The number of hydrogen-bond donors (Lipinski definition) is 1. The van der Waals surface area contributed by atoms with Crippen LogP contribution in [0.2, 0.25) is 5.02 Å². The van der Waals surface area contributed by atoms with Crippen LogP contribution in [0.5, 0.6) is 5.75 Å². The highest BCUT2D eigenvalue weighted by molar-refractivity contribution is 7.92. The van der Waals surface area contributed by atoms with E-state index in [0.29, 0.717) is 36.0 Å². The maximum Gasteiger partial charge on any atom is 0.242 e. The van der Waals surface area contributed by atoms with Crippen LogP contribution in [0.25, 0.3) is 0 Å². The topological polar surface area (TPSA) is 96.0 Å². The van der Waals surface area contributed by atoms with Crippen LogP contribution in [0.4, 0.5) is 5.69 Å². The molecule has 0 saturated heterocycles. The number of carbonyl (C=O) groups is 2. The second kappa shape index (κ2) is 15.0. The maximum absolute atomic E-state index is 13.5. The first-order valence-electron chi connectivity index (χ1n) is 13.0. The Morgan fingerprint density at radius 2 is 1.71 bits per heavy atom. The Balaban J connectivity index is 2.26. The molecule has 0 unspecified atom stereocenters. The molecule has 2 amide bonds. The lowest BCUT2D eigenvalue weighted by molar-refractivity contribution is -0.141. The summed E-state index contributed by atoms with van der Waals surface area (Å²) in [5.41, 5.74) is 1.16. The van der Waals surface area contributed by atoms with Gasteiger partial charge in [-0.15, -0.1) is 0 Å².